The highest BCUT2D eigenvalue weighted by atomic mass is 16.3. The molecular formula is C18H24N2O3. The van der Waals surface area contributed by atoms with Gasteiger partial charge in [0.15, 0.2) is 0 Å². The van der Waals surface area contributed by atoms with Crippen LogP contribution in [0.25, 0.3) is 11.0 Å². The van der Waals surface area contributed by atoms with E-state index in [1.54, 1.807) is 13.2 Å². The van der Waals surface area contributed by atoms with Crippen molar-refractivity contribution < 1.29 is 14.0 Å². The minimum Gasteiger partial charge on any atom is -0.464 e. The fourth-order valence-electron chi connectivity index (χ4n) is 2.42. The molecule has 2 N–H and O–H groups in total. The lowest BCUT2D eigenvalue weighted by Gasteiger charge is -2.13. The molecule has 0 bridgehead atoms. The van der Waals surface area contributed by atoms with E-state index in [1.807, 2.05) is 25.1 Å². The van der Waals surface area contributed by atoms with Gasteiger partial charge in [-0.2, -0.15) is 0 Å². The molecule has 0 spiro atoms. The van der Waals surface area contributed by atoms with Crippen LogP contribution >= 0.6 is 0 Å². The van der Waals surface area contributed by atoms with Gasteiger partial charge in [-0.05, 0) is 31.4 Å². The summed E-state index contributed by atoms with van der Waals surface area (Å²) in [6, 6.07) is 5.48. The first-order valence-corrected chi connectivity index (χ1v) is 8.11. The van der Waals surface area contributed by atoms with Gasteiger partial charge in [0.05, 0.1) is 12.7 Å². The van der Waals surface area contributed by atoms with Crippen LogP contribution in [0.3, 0.4) is 0 Å². The number of carbonyl (C=O) groups excluding carboxylic acids is 2. The predicted octanol–water partition coefficient (Wildman–Crippen LogP) is 2.57. The fourth-order valence-corrected chi connectivity index (χ4v) is 2.42. The molecule has 1 aromatic carbocycles. The lowest BCUT2D eigenvalue weighted by Crippen LogP contribution is -2.45. The third-order valence-corrected chi connectivity index (χ3v) is 3.80. The summed E-state index contributed by atoms with van der Waals surface area (Å²) < 4.78 is 5.54. The second kappa shape index (κ2) is 7.81. The molecule has 0 saturated carbocycles. The van der Waals surface area contributed by atoms with E-state index in [2.05, 4.69) is 17.6 Å². The normalized spacial score (nSPS) is 12.1. The summed E-state index contributed by atoms with van der Waals surface area (Å²) in [6.45, 7) is 6.37. The summed E-state index contributed by atoms with van der Waals surface area (Å²) in [5, 5.41) is 6.43. The number of fused-ring (bicyclic) bond motifs is 1. The molecule has 0 fully saturated rings. The number of nitrogens with one attached hydrogen (secondary N) is 2. The highest BCUT2D eigenvalue weighted by molar-refractivity contribution is 5.91. The van der Waals surface area contributed by atoms with Crippen molar-refractivity contribution in [2.45, 2.75) is 46.1 Å². The molecule has 5 heteroatoms. The van der Waals surface area contributed by atoms with Crippen molar-refractivity contribution in [1.82, 2.24) is 10.6 Å². The van der Waals surface area contributed by atoms with Gasteiger partial charge >= 0.3 is 0 Å². The van der Waals surface area contributed by atoms with E-state index in [4.69, 9.17) is 4.42 Å². The lowest BCUT2D eigenvalue weighted by atomic mass is 10.1. The third-order valence-electron chi connectivity index (χ3n) is 3.80. The number of carbonyl (C=O) groups is 2. The molecule has 0 aliphatic rings. The van der Waals surface area contributed by atoms with Gasteiger partial charge in [0.2, 0.25) is 11.8 Å². The molecule has 23 heavy (non-hydrogen) atoms. The van der Waals surface area contributed by atoms with Crippen LogP contribution in [0.5, 0.6) is 0 Å². The molecular weight excluding hydrogens is 292 g/mol. The van der Waals surface area contributed by atoms with Gasteiger partial charge < -0.3 is 15.1 Å². The minimum absolute atomic E-state index is 0.162. The Balaban J connectivity index is 1.99. The van der Waals surface area contributed by atoms with Crippen molar-refractivity contribution in [3.05, 3.63) is 35.6 Å². The van der Waals surface area contributed by atoms with Crippen molar-refractivity contribution in [2.75, 3.05) is 6.54 Å². The van der Waals surface area contributed by atoms with Crippen molar-refractivity contribution >= 4 is 22.8 Å². The van der Waals surface area contributed by atoms with E-state index in [-0.39, 0.29) is 18.2 Å². The molecule has 1 aromatic heterocycles. The third kappa shape index (κ3) is 4.34. The Kier molecular flexibility index (Phi) is 5.79. The molecule has 2 rings (SSSR count). The van der Waals surface area contributed by atoms with Crippen LogP contribution in [-0.4, -0.2) is 24.4 Å². The molecule has 0 radical (unpaired) electrons. The summed E-state index contributed by atoms with van der Waals surface area (Å²) in [6.07, 6.45) is 3.62. The Hall–Kier alpha value is -2.30. The first-order chi connectivity index (χ1) is 11.0. The van der Waals surface area contributed by atoms with Crippen LogP contribution < -0.4 is 10.6 Å². The zero-order chi connectivity index (χ0) is 16.8. The Bertz CT molecular complexity index is 691. The Labute approximate surface area is 136 Å². The Morgan fingerprint density at radius 1 is 1.26 bits per heavy atom. The largest absolute Gasteiger partial charge is 0.464 e. The van der Waals surface area contributed by atoms with Crippen LogP contribution in [0.1, 0.15) is 38.3 Å². The summed E-state index contributed by atoms with van der Waals surface area (Å²) in [7, 11) is 0. The van der Waals surface area contributed by atoms with Gasteiger partial charge in [-0.15, -0.1) is 0 Å². The molecule has 124 valence electrons. The smallest absolute Gasteiger partial charge is 0.242 e. The Morgan fingerprint density at radius 2 is 2.04 bits per heavy atom. The molecule has 2 aromatic rings. The van der Waals surface area contributed by atoms with Crippen molar-refractivity contribution in [3.63, 3.8) is 0 Å². The van der Waals surface area contributed by atoms with Gasteiger partial charge in [-0.25, -0.2) is 0 Å². The van der Waals surface area contributed by atoms with Crippen LogP contribution in [0.2, 0.25) is 0 Å². The minimum atomic E-state index is -0.543. The van der Waals surface area contributed by atoms with E-state index >= 15 is 0 Å². The highest BCUT2D eigenvalue weighted by Crippen LogP contribution is 2.23. The number of rotatable bonds is 7. The average molecular weight is 316 g/mol. The number of aryl methyl sites for hydroxylation is 1. The highest BCUT2D eigenvalue weighted by Gasteiger charge is 2.16. The topological polar surface area (TPSA) is 71.3 Å². The van der Waals surface area contributed by atoms with Crippen LogP contribution in [-0.2, 0) is 22.4 Å². The van der Waals surface area contributed by atoms with Crippen LogP contribution in [0, 0.1) is 0 Å². The Morgan fingerprint density at radius 3 is 2.74 bits per heavy atom. The van der Waals surface area contributed by atoms with Gasteiger partial charge in [-0.1, -0.05) is 26.0 Å². The SMILES string of the molecule is CCCNC(=O)[C@H](C)NC(=O)Cc1coc2cc(CC)ccc12. The van der Waals surface area contributed by atoms with E-state index in [0.717, 1.165) is 29.4 Å². The van der Waals surface area contributed by atoms with E-state index in [1.165, 1.54) is 5.56 Å². The molecule has 0 aliphatic heterocycles. The molecule has 0 saturated heterocycles. The van der Waals surface area contributed by atoms with Crippen molar-refractivity contribution in [2.24, 2.45) is 0 Å². The molecule has 0 unspecified atom stereocenters. The molecule has 0 aliphatic carbocycles. The summed E-state index contributed by atoms with van der Waals surface area (Å²) in [4.78, 5) is 23.9. The van der Waals surface area contributed by atoms with Gasteiger partial charge in [-0.3, -0.25) is 9.59 Å². The van der Waals surface area contributed by atoms with Gasteiger partial charge in [0, 0.05) is 17.5 Å². The van der Waals surface area contributed by atoms with E-state index in [9.17, 15) is 9.59 Å². The van der Waals surface area contributed by atoms with Crippen LogP contribution in [0.15, 0.2) is 28.9 Å². The zero-order valence-electron chi connectivity index (χ0n) is 13.9. The van der Waals surface area contributed by atoms with Crippen molar-refractivity contribution in [3.8, 4) is 0 Å². The maximum Gasteiger partial charge on any atom is 0.242 e. The van der Waals surface area contributed by atoms with Crippen molar-refractivity contribution in [1.29, 1.82) is 0 Å². The standard InChI is InChI=1S/C18H24N2O3/c1-4-8-19-18(22)12(3)20-17(21)10-14-11-23-16-9-13(5-2)6-7-15(14)16/h6-7,9,11-12H,4-5,8,10H2,1-3H3,(H,19,22)(H,20,21)/t12-/m0/s1. The fraction of sp³-hybridized carbons (Fsp3) is 0.444. The molecule has 1 atom stereocenters. The average Bonchev–Trinajstić information content (AvgIpc) is 2.94. The number of hydrogen-bond acceptors (Lipinski definition) is 3. The number of hydrogen-bond donors (Lipinski definition) is 2. The van der Waals surface area contributed by atoms with Gasteiger partial charge in [0.1, 0.15) is 11.6 Å². The number of benzene rings is 1. The first kappa shape index (κ1) is 17.1. The maximum absolute atomic E-state index is 12.1. The molecule has 2 amide bonds. The predicted molar refractivity (Wildman–Crippen MR) is 90.2 cm³/mol. The maximum atomic E-state index is 12.1. The number of amides is 2. The second-order valence-corrected chi connectivity index (χ2v) is 5.70. The lowest BCUT2D eigenvalue weighted by molar-refractivity contribution is -0.128. The monoisotopic (exact) mass is 316 g/mol. The number of furan rings is 1. The summed E-state index contributed by atoms with van der Waals surface area (Å²) >= 11 is 0. The van der Waals surface area contributed by atoms with Crippen LogP contribution in [0.4, 0.5) is 0 Å². The summed E-state index contributed by atoms with van der Waals surface area (Å²) in [5.41, 5.74) is 2.83. The first-order valence-electron chi connectivity index (χ1n) is 8.11. The quantitative estimate of drug-likeness (QED) is 0.824. The molecule has 5 nitrogen and oxygen atoms in total. The summed E-state index contributed by atoms with van der Waals surface area (Å²) in [5.74, 6) is -0.351. The van der Waals surface area contributed by atoms with Gasteiger partial charge in [0.25, 0.3) is 0 Å². The molecule has 1 heterocycles. The van der Waals surface area contributed by atoms with E-state index < -0.39 is 6.04 Å². The van der Waals surface area contributed by atoms with E-state index in [0.29, 0.717) is 6.54 Å². The second-order valence-electron chi connectivity index (χ2n) is 5.70. The zero-order valence-corrected chi connectivity index (χ0v) is 13.9.